The first-order chi connectivity index (χ1) is 19.6. The number of carbonyl (C=O) groups is 2. The fourth-order valence-electron chi connectivity index (χ4n) is 13.0. The Hall–Kier alpha value is -2.02. The average molecular weight is 581 g/mol. The molecule has 7 heteroatoms. The molecule has 0 radical (unpaired) electrons. The first kappa shape index (κ1) is 30.0. The molecule has 0 saturated heterocycles. The number of hydrogen-bond donors (Lipinski definition) is 1. The van der Waals surface area contributed by atoms with Crippen LogP contribution in [0.2, 0.25) is 0 Å². The standard InChI is InChI=1S/C35H53N3O4/c1-22(2)24-11-16-35(21-38(30(40)41)20-19-36-37-38)18-17-33(7)25(29(24)35)9-10-27-32(6)14-13-28(42-23(3)39)31(4,5)26(32)12-15-34(27,33)8/h19-20,24-29H,1,9-18,21H2,2-8H3/p+1/t24-,25+,26-,27?,28-,29+,32-,33+,34+,35+,38?/m0/s1. The molecule has 6 aliphatic rings. The molecule has 0 aromatic heterocycles. The summed E-state index contributed by atoms with van der Waals surface area (Å²) in [5.74, 6) is 2.40. The van der Waals surface area contributed by atoms with Gasteiger partial charge in [0.25, 0.3) is 0 Å². The van der Waals surface area contributed by atoms with Gasteiger partial charge < -0.3 is 9.84 Å². The summed E-state index contributed by atoms with van der Waals surface area (Å²) in [5, 5.41) is 18.6. The first-order valence-electron chi connectivity index (χ1n) is 16.6. The van der Waals surface area contributed by atoms with Crippen LogP contribution in [0.5, 0.6) is 0 Å². The summed E-state index contributed by atoms with van der Waals surface area (Å²) < 4.78 is 5.51. The van der Waals surface area contributed by atoms with Gasteiger partial charge in [0.2, 0.25) is 0 Å². The molecule has 1 heterocycles. The molecule has 1 amide bonds. The summed E-state index contributed by atoms with van der Waals surface area (Å²) in [6.07, 6.45) is 13.5. The number of nitrogens with zero attached hydrogens (tertiary/aromatic N) is 3. The minimum Gasteiger partial charge on any atom is -0.462 e. The van der Waals surface area contributed by atoms with Gasteiger partial charge in [0, 0.05) is 23.0 Å². The van der Waals surface area contributed by atoms with Crippen LogP contribution in [0.1, 0.15) is 113 Å². The smallest absolute Gasteiger partial charge is 0.462 e. The fourth-order valence-corrected chi connectivity index (χ4v) is 13.0. The number of esters is 1. The highest BCUT2D eigenvalue weighted by Crippen LogP contribution is 2.77. The van der Waals surface area contributed by atoms with Crippen LogP contribution in [-0.4, -0.2) is 34.4 Å². The Kier molecular flexibility index (Phi) is 6.78. The third kappa shape index (κ3) is 3.86. The molecular weight excluding hydrogens is 526 g/mol. The topological polar surface area (TPSA) is 88.3 Å². The van der Waals surface area contributed by atoms with Gasteiger partial charge in [0.1, 0.15) is 18.8 Å². The van der Waals surface area contributed by atoms with E-state index in [2.05, 4.69) is 58.5 Å². The number of hydrogen-bond acceptors (Lipinski definition) is 5. The van der Waals surface area contributed by atoms with Gasteiger partial charge in [0.05, 0.1) is 0 Å². The van der Waals surface area contributed by atoms with E-state index in [1.54, 1.807) is 19.3 Å². The van der Waals surface area contributed by atoms with E-state index in [1.165, 1.54) is 31.3 Å². The van der Waals surface area contributed by atoms with Crippen LogP contribution in [-0.2, 0) is 9.53 Å². The Morgan fingerprint density at radius 1 is 0.929 bits per heavy atom. The second kappa shape index (κ2) is 9.49. The molecule has 0 spiro atoms. The van der Waals surface area contributed by atoms with Gasteiger partial charge in [-0.1, -0.05) is 51.4 Å². The van der Waals surface area contributed by atoms with Crippen molar-refractivity contribution in [1.29, 1.82) is 0 Å². The third-order valence-corrected chi connectivity index (χ3v) is 15.0. The molecule has 11 atom stereocenters. The molecule has 2 unspecified atom stereocenters. The van der Waals surface area contributed by atoms with Crippen molar-refractivity contribution in [3.63, 3.8) is 0 Å². The third-order valence-electron chi connectivity index (χ3n) is 15.0. The quantitative estimate of drug-likeness (QED) is 0.204. The van der Waals surface area contributed by atoms with E-state index in [4.69, 9.17) is 4.74 Å². The fraction of sp³-hybridized carbons (Fsp3) is 0.829. The molecule has 0 aromatic rings. The van der Waals surface area contributed by atoms with Crippen LogP contribution in [0, 0.1) is 56.7 Å². The van der Waals surface area contributed by atoms with Gasteiger partial charge in [0.15, 0.2) is 6.20 Å². The zero-order chi connectivity index (χ0) is 30.5. The molecular formula is C35H54N3O4+. The second-order valence-electron chi connectivity index (χ2n) is 16.8. The van der Waals surface area contributed by atoms with E-state index < -0.39 is 10.7 Å². The molecule has 42 heavy (non-hydrogen) atoms. The maximum Gasteiger partial charge on any atom is 0.547 e. The van der Waals surface area contributed by atoms with Gasteiger partial charge in [-0.25, -0.2) is 0 Å². The lowest BCUT2D eigenvalue weighted by atomic mass is 9.32. The van der Waals surface area contributed by atoms with Gasteiger partial charge in [-0.2, -0.15) is 4.79 Å². The lowest BCUT2D eigenvalue weighted by molar-refractivity contribution is -0.823. The van der Waals surface area contributed by atoms with Crippen molar-refractivity contribution in [2.75, 3.05) is 6.54 Å². The lowest BCUT2D eigenvalue weighted by Crippen LogP contribution is -2.67. The highest BCUT2D eigenvalue weighted by atomic mass is 16.5. The monoisotopic (exact) mass is 580 g/mol. The van der Waals surface area contributed by atoms with Crippen molar-refractivity contribution in [2.24, 2.45) is 67.0 Å². The second-order valence-corrected chi connectivity index (χ2v) is 16.8. The maximum atomic E-state index is 12.6. The predicted octanol–water partition coefficient (Wildman–Crippen LogP) is 8.92. The van der Waals surface area contributed by atoms with Crippen molar-refractivity contribution < 1.29 is 24.0 Å². The van der Waals surface area contributed by atoms with Gasteiger partial charge in [-0.3, -0.25) is 4.79 Å². The van der Waals surface area contributed by atoms with E-state index in [1.807, 2.05) is 0 Å². The predicted molar refractivity (Wildman–Crippen MR) is 162 cm³/mol. The summed E-state index contributed by atoms with van der Waals surface area (Å²) in [5.41, 5.74) is 1.77. The summed E-state index contributed by atoms with van der Waals surface area (Å²) in [4.78, 5) is 24.6. The summed E-state index contributed by atoms with van der Waals surface area (Å²) in [7, 11) is 0. The number of carbonyl (C=O) groups excluding carboxylic acids is 1. The lowest BCUT2D eigenvalue weighted by Gasteiger charge is -2.73. The first-order valence-corrected chi connectivity index (χ1v) is 16.6. The Bertz CT molecular complexity index is 1230. The SMILES string of the molecule is C=C(C)[C@@H]1CC[C@]2(C[N+]3(C(=O)O)C=CN=N3)CC[C@]3(C)[C@H](CCC4[C@@]5(C)CC[C@H](OC(C)=O)C(C)(C)[C@@H]5CC[C@]43C)[C@@H]12. The molecule has 0 bridgehead atoms. The normalized spacial score (nSPS) is 50.3. The van der Waals surface area contributed by atoms with E-state index in [0.717, 1.165) is 38.5 Å². The van der Waals surface area contributed by atoms with Crippen LogP contribution >= 0.6 is 0 Å². The molecule has 232 valence electrons. The van der Waals surface area contributed by atoms with Gasteiger partial charge in [-0.05, 0) is 117 Å². The van der Waals surface area contributed by atoms with Crippen LogP contribution in [0.15, 0.2) is 34.9 Å². The van der Waals surface area contributed by atoms with Gasteiger partial charge in [-0.15, -0.1) is 5.11 Å². The molecule has 0 aromatic carbocycles. The number of ether oxygens (including phenoxy) is 1. The Labute approximate surface area is 252 Å². The van der Waals surface area contributed by atoms with E-state index in [9.17, 15) is 14.7 Å². The van der Waals surface area contributed by atoms with Crippen molar-refractivity contribution >= 4 is 12.1 Å². The molecule has 5 fully saturated rings. The molecule has 5 aliphatic carbocycles. The molecule has 5 saturated carbocycles. The molecule has 7 nitrogen and oxygen atoms in total. The summed E-state index contributed by atoms with van der Waals surface area (Å²) >= 11 is 0. The Morgan fingerprint density at radius 2 is 1.67 bits per heavy atom. The highest BCUT2D eigenvalue weighted by Gasteiger charge is 2.72. The van der Waals surface area contributed by atoms with E-state index in [-0.39, 0.29) is 39.1 Å². The minimum absolute atomic E-state index is 0.00376. The molecule has 6 rings (SSSR count). The number of fused-ring (bicyclic) bond motifs is 7. The largest absolute Gasteiger partial charge is 0.547 e. The van der Waals surface area contributed by atoms with Crippen LogP contribution < -0.4 is 0 Å². The van der Waals surface area contributed by atoms with Crippen molar-refractivity contribution in [3.05, 3.63) is 24.6 Å². The minimum atomic E-state index is -0.929. The van der Waals surface area contributed by atoms with E-state index in [0.29, 0.717) is 36.1 Å². The Balaban J connectivity index is 1.36. The van der Waals surface area contributed by atoms with Crippen LogP contribution in [0.3, 0.4) is 0 Å². The van der Waals surface area contributed by atoms with Gasteiger partial charge >= 0.3 is 12.1 Å². The van der Waals surface area contributed by atoms with Crippen molar-refractivity contribution in [3.8, 4) is 0 Å². The zero-order valence-electron chi connectivity index (χ0n) is 27.1. The van der Waals surface area contributed by atoms with Crippen LogP contribution in [0.25, 0.3) is 0 Å². The number of quaternary nitrogens is 1. The molecule has 1 N–H and O–H groups in total. The number of carboxylic acid groups (broad SMARTS) is 1. The van der Waals surface area contributed by atoms with E-state index >= 15 is 0 Å². The maximum absolute atomic E-state index is 12.6. The summed E-state index contributed by atoms with van der Waals surface area (Å²) in [6, 6.07) is 0. The van der Waals surface area contributed by atoms with Crippen molar-refractivity contribution in [1.82, 2.24) is 0 Å². The average Bonchev–Trinajstić information content (AvgIpc) is 3.52. The molecule has 1 aliphatic heterocycles. The zero-order valence-corrected chi connectivity index (χ0v) is 27.1. The Morgan fingerprint density at radius 3 is 2.29 bits per heavy atom. The highest BCUT2D eigenvalue weighted by molar-refractivity contribution is 5.66. The van der Waals surface area contributed by atoms with Crippen molar-refractivity contribution in [2.45, 2.75) is 119 Å². The number of amides is 1. The van der Waals surface area contributed by atoms with Crippen LogP contribution in [0.4, 0.5) is 4.79 Å². The summed E-state index contributed by atoms with van der Waals surface area (Å²) in [6.45, 7) is 21.3. The number of allylic oxidation sites excluding steroid dienone is 1. The number of rotatable bonds is 4.